The minimum atomic E-state index is -0.209. The van der Waals surface area contributed by atoms with Crippen molar-refractivity contribution in [1.82, 2.24) is 4.90 Å². The Balaban J connectivity index is 2.33. The molecule has 0 unspecified atom stereocenters. The van der Waals surface area contributed by atoms with E-state index in [-0.39, 0.29) is 6.09 Å². The molecule has 0 aromatic carbocycles. The number of rotatable bonds is 0. The Kier molecular flexibility index (Phi) is 1.58. The average Bonchev–Trinajstić information content (AvgIpc) is 1.81. The average molecular weight is 143 g/mol. The molecule has 1 saturated heterocycles. The van der Waals surface area contributed by atoms with Crippen molar-refractivity contribution in [2.75, 3.05) is 20.2 Å². The summed E-state index contributed by atoms with van der Waals surface area (Å²) in [5.41, 5.74) is 0.300. The molecule has 3 nitrogen and oxygen atoms in total. The van der Waals surface area contributed by atoms with Crippen LogP contribution in [0.15, 0.2) is 0 Å². The van der Waals surface area contributed by atoms with Crippen molar-refractivity contribution in [3.63, 3.8) is 0 Å². The highest BCUT2D eigenvalue weighted by Gasteiger charge is 2.37. The van der Waals surface area contributed by atoms with Crippen LogP contribution >= 0.6 is 0 Å². The van der Waals surface area contributed by atoms with Crippen LogP contribution in [0, 0.1) is 5.41 Å². The van der Waals surface area contributed by atoms with Gasteiger partial charge < -0.3 is 9.64 Å². The molecule has 10 heavy (non-hydrogen) atoms. The molecule has 0 aliphatic carbocycles. The number of amides is 1. The maximum Gasteiger partial charge on any atom is 0.409 e. The molecule has 0 atom stereocenters. The molecule has 0 radical (unpaired) electrons. The largest absolute Gasteiger partial charge is 0.453 e. The van der Waals surface area contributed by atoms with Crippen molar-refractivity contribution < 1.29 is 9.53 Å². The van der Waals surface area contributed by atoms with Crippen LogP contribution in [0.5, 0.6) is 0 Å². The van der Waals surface area contributed by atoms with Crippen LogP contribution in [0.3, 0.4) is 0 Å². The molecule has 0 aromatic rings. The normalized spacial score (nSPS) is 21.7. The lowest BCUT2D eigenvalue weighted by Crippen LogP contribution is -2.55. The van der Waals surface area contributed by atoms with Gasteiger partial charge in [0.2, 0.25) is 0 Å². The number of carbonyl (C=O) groups is 1. The first kappa shape index (κ1) is 7.38. The van der Waals surface area contributed by atoms with E-state index in [2.05, 4.69) is 18.6 Å². The molecular weight excluding hydrogens is 130 g/mol. The van der Waals surface area contributed by atoms with Crippen LogP contribution in [0.1, 0.15) is 13.8 Å². The third kappa shape index (κ3) is 1.23. The van der Waals surface area contributed by atoms with Gasteiger partial charge in [-0.15, -0.1) is 0 Å². The maximum absolute atomic E-state index is 10.8. The Bertz CT molecular complexity index is 146. The highest BCUT2D eigenvalue weighted by molar-refractivity contribution is 5.68. The van der Waals surface area contributed by atoms with E-state index in [1.54, 1.807) is 4.90 Å². The first-order valence-corrected chi connectivity index (χ1v) is 3.38. The third-order valence-electron chi connectivity index (χ3n) is 1.67. The molecule has 1 aliphatic heterocycles. The summed E-state index contributed by atoms with van der Waals surface area (Å²) in [6.07, 6.45) is -0.209. The molecular formula is C7H13NO2. The van der Waals surface area contributed by atoms with Gasteiger partial charge >= 0.3 is 6.09 Å². The SMILES string of the molecule is COC(=O)N1CC(C)(C)C1. The summed E-state index contributed by atoms with van der Waals surface area (Å²) < 4.78 is 4.53. The standard InChI is InChI=1S/C7H13NO2/c1-7(2)4-8(5-7)6(9)10-3/h4-5H2,1-3H3. The first-order valence-electron chi connectivity index (χ1n) is 3.38. The van der Waals surface area contributed by atoms with Gasteiger partial charge in [-0.1, -0.05) is 13.8 Å². The predicted octanol–water partition coefficient (Wildman–Crippen LogP) is 1.09. The van der Waals surface area contributed by atoms with Gasteiger partial charge in [0.05, 0.1) is 7.11 Å². The van der Waals surface area contributed by atoms with E-state index >= 15 is 0 Å². The Morgan fingerprint density at radius 1 is 1.50 bits per heavy atom. The number of ether oxygens (including phenoxy) is 1. The zero-order valence-corrected chi connectivity index (χ0v) is 6.68. The quantitative estimate of drug-likeness (QED) is 0.508. The summed E-state index contributed by atoms with van der Waals surface area (Å²) in [5.74, 6) is 0. The summed E-state index contributed by atoms with van der Waals surface area (Å²) in [4.78, 5) is 12.5. The second kappa shape index (κ2) is 2.15. The number of carbonyl (C=O) groups excluding carboxylic acids is 1. The van der Waals surface area contributed by atoms with E-state index in [1.807, 2.05) is 0 Å². The van der Waals surface area contributed by atoms with Crippen molar-refractivity contribution in [3.05, 3.63) is 0 Å². The minimum Gasteiger partial charge on any atom is -0.453 e. The predicted molar refractivity (Wildman–Crippen MR) is 37.8 cm³/mol. The molecule has 58 valence electrons. The lowest BCUT2D eigenvalue weighted by molar-refractivity contribution is 0.0261. The number of methoxy groups -OCH3 is 1. The van der Waals surface area contributed by atoms with Crippen LogP contribution in [0.4, 0.5) is 4.79 Å². The summed E-state index contributed by atoms with van der Waals surface area (Å²) in [6, 6.07) is 0. The third-order valence-corrected chi connectivity index (χ3v) is 1.67. The fourth-order valence-corrected chi connectivity index (χ4v) is 1.25. The first-order chi connectivity index (χ1) is 4.55. The molecule has 1 rings (SSSR count). The Morgan fingerprint density at radius 3 is 2.30 bits per heavy atom. The summed E-state index contributed by atoms with van der Waals surface area (Å²) in [7, 11) is 1.41. The fourth-order valence-electron chi connectivity index (χ4n) is 1.25. The van der Waals surface area contributed by atoms with Crippen LogP contribution in [-0.4, -0.2) is 31.2 Å². The zero-order valence-electron chi connectivity index (χ0n) is 6.68. The van der Waals surface area contributed by atoms with E-state index in [1.165, 1.54) is 7.11 Å². The molecule has 3 heteroatoms. The van der Waals surface area contributed by atoms with Gasteiger partial charge in [-0.25, -0.2) is 4.79 Å². The molecule has 1 heterocycles. The Hall–Kier alpha value is -0.730. The number of nitrogens with zero attached hydrogens (tertiary/aromatic N) is 1. The molecule has 0 saturated carbocycles. The second-order valence-electron chi connectivity index (χ2n) is 3.49. The molecule has 0 aromatic heterocycles. The van der Waals surface area contributed by atoms with E-state index in [9.17, 15) is 4.79 Å². The second-order valence-corrected chi connectivity index (χ2v) is 3.49. The van der Waals surface area contributed by atoms with Crippen molar-refractivity contribution in [3.8, 4) is 0 Å². The van der Waals surface area contributed by atoms with Gasteiger partial charge in [-0.2, -0.15) is 0 Å². The fraction of sp³-hybridized carbons (Fsp3) is 0.857. The summed E-state index contributed by atoms with van der Waals surface area (Å²) in [5, 5.41) is 0. The highest BCUT2D eigenvalue weighted by atomic mass is 16.5. The van der Waals surface area contributed by atoms with Crippen LogP contribution in [0.25, 0.3) is 0 Å². The van der Waals surface area contributed by atoms with E-state index in [4.69, 9.17) is 0 Å². The minimum absolute atomic E-state index is 0.209. The van der Waals surface area contributed by atoms with Crippen LogP contribution in [-0.2, 0) is 4.74 Å². The number of hydrogen-bond acceptors (Lipinski definition) is 2. The summed E-state index contributed by atoms with van der Waals surface area (Å²) in [6.45, 7) is 5.90. The molecule has 1 fully saturated rings. The molecule has 1 aliphatic rings. The summed E-state index contributed by atoms with van der Waals surface area (Å²) >= 11 is 0. The molecule has 0 bridgehead atoms. The van der Waals surface area contributed by atoms with Crippen LogP contribution < -0.4 is 0 Å². The number of hydrogen-bond donors (Lipinski definition) is 0. The lowest BCUT2D eigenvalue weighted by Gasteiger charge is -2.44. The van der Waals surface area contributed by atoms with Crippen molar-refractivity contribution in [1.29, 1.82) is 0 Å². The van der Waals surface area contributed by atoms with Crippen molar-refractivity contribution in [2.45, 2.75) is 13.8 Å². The van der Waals surface area contributed by atoms with Crippen molar-refractivity contribution >= 4 is 6.09 Å². The monoisotopic (exact) mass is 143 g/mol. The Morgan fingerprint density at radius 2 is 2.00 bits per heavy atom. The van der Waals surface area contributed by atoms with E-state index in [0.29, 0.717) is 5.41 Å². The van der Waals surface area contributed by atoms with Gasteiger partial charge in [0, 0.05) is 18.5 Å². The zero-order chi connectivity index (χ0) is 7.78. The highest BCUT2D eigenvalue weighted by Crippen LogP contribution is 2.28. The van der Waals surface area contributed by atoms with Gasteiger partial charge in [0.1, 0.15) is 0 Å². The van der Waals surface area contributed by atoms with Gasteiger partial charge in [-0.05, 0) is 0 Å². The topological polar surface area (TPSA) is 29.5 Å². The van der Waals surface area contributed by atoms with Gasteiger partial charge in [0.15, 0.2) is 0 Å². The van der Waals surface area contributed by atoms with E-state index in [0.717, 1.165) is 13.1 Å². The molecule has 1 amide bonds. The van der Waals surface area contributed by atoms with Crippen molar-refractivity contribution in [2.24, 2.45) is 5.41 Å². The molecule has 0 spiro atoms. The smallest absolute Gasteiger partial charge is 0.409 e. The van der Waals surface area contributed by atoms with Gasteiger partial charge in [-0.3, -0.25) is 0 Å². The van der Waals surface area contributed by atoms with Gasteiger partial charge in [0.25, 0.3) is 0 Å². The Labute approximate surface area is 61.0 Å². The van der Waals surface area contributed by atoms with Crippen LogP contribution in [0.2, 0.25) is 0 Å². The molecule has 0 N–H and O–H groups in total. The van der Waals surface area contributed by atoms with E-state index < -0.39 is 0 Å². The maximum atomic E-state index is 10.8. The number of likely N-dealkylation sites (tertiary alicyclic amines) is 1. The lowest BCUT2D eigenvalue weighted by atomic mass is 9.85.